The number of unbranched alkanes of at least 4 members (excludes halogenated alkanes) is 1. The van der Waals surface area contributed by atoms with Crippen molar-refractivity contribution in [3.63, 3.8) is 0 Å². The largest absolute Gasteiger partial charge is 0.315 e. The van der Waals surface area contributed by atoms with E-state index in [4.69, 9.17) is 0 Å². The Balaban J connectivity index is 1.37. The molecule has 0 saturated heterocycles. The molecule has 1 aromatic heterocycles. The van der Waals surface area contributed by atoms with Gasteiger partial charge in [0.05, 0.1) is 12.6 Å². The minimum Gasteiger partial charge on any atom is -0.315 e. The van der Waals surface area contributed by atoms with Gasteiger partial charge in [-0.1, -0.05) is 0 Å². The van der Waals surface area contributed by atoms with Gasteiger partial charge >= 0.3 is 0 Å². The summed E-state index contributed by atoms with van der Waals surface area (Å²) in [4.78, 5) is 2.43. The van der Waals surface area contributed by atoms with Crippen LogP contribution in [0.15, 0.2) is 6.33 Å². The Kier molecular flexibility index (Phi) is 4.22. The fourth-order valence-corrected chi connectivity index (χ4v) is 2.96. The maximum absolute atomic E-state index is 9.35. The monoisotopic (exact) mass is 288 g/mol. The molecule has 0 bridgehead atoms. The van der Waals surface area contributed by atoms with Crippen molar-refractivity contribution in [1.82, 2.24) is 25.0 Å². The smallest absolute Gasteiger partial charge is 0.147 e. The number of nitrogens with zero attached hydrogens (tertiary/aromatic N) is 5. The molecule has 6 heteroatoms. The van der Waals surface area contributed by atoms with Crippen molar-refractivity contribution in [3.8, 4) is 6.07 Å². The first-order chi connectivity index (χ1) is 10.2. The molecule has 1 aromatic rings. The van der Waals surface area contributed by atoms with Gasteiger partial charge in [0.1, 0.15) is 17.7 Å². The highest BCUT2D eigenvalue weighted by atomic mass is 15.3. The van der Waals surface area contributed by atoms with E-state index in [2.05, 4.69) is 31.1 Å². The predicted octanol–water partition coefficient (Wildman–Crippen LogP) is 1.30. The maximum atomic E-state index is 9.35. The Labute approximate surface area is 126 Å². The number of fused-ring (bicyclic) bond motifs is 1. The van der Waals surface area contributed by atoms with Gasteiger partial charge in [-0.2, -0.15) is 5.26 Å². The lowest BCUT2D eigenvalue weighted by atomic mass is 9.96. The number of nitrogens with one attached hydrogen (secondary N) is 1. The van der Waals surface area contributed by atoms with E-state index in [0.29, 0.717) is 6.04 Å². The van der Waals surface area contributed by atoms with Gasteiger partial charge in [0.2, 0.25) is 0 Å². The zero-order valence-electron chi connectivity index (χ0n) is 12.8. The maximum Gasteiger partial charge on any atom is 0.147 e. The van der Waals surface area contributed by atoms with E-state index < -0.39 is 0 Å². The van der Waals surface area contributed by atoms with Crippen LogP contribution in [0.3, 0.4) is 0 Å². The molecule has 1 saturated carbocycles. The Morgan fingerprint density at radius 3 is 3.05 bits per heavy atom. The molecule has 2 aliphatic rings. The normalized spacial score (nSPS) is 21.5. The number of rotatable bonds is 7. The summed E-state index contributed by atoms with van der Waals surface area (Å²) in [6.07, 6.45) is 7.43. The van der Waals surface area contributed by atoms with Crippen molar-refractivity contribution in [2.45, 2.75) is 63.7 Å². The minimum atomic E-state index is -0.344. The third kappa shape index (κ3) is 3.80. The number of nitriles is 1. The first kappa shape index (κ1) is 14.5. The summed E-state index contributed by atoms with van der Waals surface area (Å²) >= 11 is 0. The molecule has 0 radical (unpaired) electrons. The molecule has 6 nitrogen and oxygen atoms in total. The molecule has 1 unspecified atom stereocenters. The van der Waals surface area contributed by atoms with Gasteiger partial charge in [-0.3, -0.25) is 10.2 Å². The summed E-state index contributed by atoms with van der Waals surface area (Å²) in [7, 11) is 0. The van der Waals surface area contributed by atoms with E-state index in [1.807, 2.05) is 13.3 Å². The van der Waals surface area contributed by atoms with E-state index in [1.54, 1.807) is 0 Å². The lowest BCUT2D eigenvalue weighted by Gasteiger charge is -2.27. The summed E-state index contributed by atoms with van der Waals surface area (Å²) in [6, 6.07) is 3.04. The van der Waals surface area contributed by atoms with Crippen LogP contribution in [0.2, 0.25) is 0 Å². The summed E-state index contributed by atoms with van der Waals surface area (Å²) in [5.74, 6) is 1.07. The van der Waals surface area contributed by atoms with Gasteiger partial charge in [-0.15, -0.1) is 10.2 Å². The van der Waals surface area contributed by atoms with Crippen molar-refractivity contribution < 1.29 is 0 Å². The number of aromatic nitrogens is 3. The fourth-order valence-electron chi connectivity index (χ4n) is 2.96. The Bertz CT molecular complexity index is 514. The summed E-state index contributed by atoms with van der Waals surface area (Å²) < 4.78 is 2.13. The minimum absolute atomic E-state index is 0.344. The van der Waals surface area contributed by atoms with E-state index in [9.17, 15) is 5.26 Å². The van der Waals surface area contributed by atoms with Crippen molar-refractivity contribution in [2.75, 3.05) is 13.1 Å². The topological polar surface area (TPSA) is 69.8 Å². The molecule has 21 heavy (non-hydrogen) atoms. The first-order valence-electron chi connectivity index (χ1n) is 7.96. The standard InChI is InChI=1S/C15H24N6/c1-15(11-16,18-13-4-5-13)6-2-3-7-20-8-9-21-12-17-19-14(21)10-20/h12-13,18H,2-10H2,1H3. The van der Waals surface area contributed by atoms with Gasteiger partial charge in [-0.05, 0) is 45.6 Å². The van der Waals surface area contributed by atoms with Crippen LogP contribution in [-0.4, -0.2) is 44.3 Å². The van der Waals surface area contributed by atoms with Crippen molar-refractivity contribution >= 4 is 0 Å². The highest BCUT2D eigenvalue weighted by molar-refractivity contribution is 5.06. The predicted molar refractivity (Wildman–Crippen MR) is 79.3 cm³/mol. The van der Waals surface area contributed by atoms with Crippen LogP contribution in [0.25, 0.3) is 0 Å². The summed E-state index contributed by atoms with van der Waals surface area (Å²) in [5.41, 5.74) is -0.344. The molecule has 1 aliphatic heterocycles. The Morgan fingerprint density at radius 1 is 1.43 bits per heavy atom. The third-order valence-corrected chi connectivity index (χ3v) is 4.47. The molecule has 114 valence electrons. The number of hydrogen-bond donors (Lipinski definition) is 1. The SMILES string of the molecule is CC(C#N)(CCCCN1CCn2cnnc2C1)NC1CC1. The highest BCUT2D eigenvalue weighted by Gasteiger charge is 2.31. The second-order valence-corrected chi connectivity index (χ2v) is 6.54. The van der Waals surface area contributed by atoms with E-state index in [-0.39, 0.29) is 5.54 Å². The molecule has 0 aromatic carbocycles. The van der Waals surface area contributed by atoms with Crippen LogP contribution in [-0.2, 0) is 13.1 Å². The van der Waals surface area contributed by atoms with Crippen molar-refractivity contribution in [3.05, 3.63) is 12.2 Å². The second-order valence-electron chi connectivity index (χ2n) is 6.54. The zero-order valence-corrected chi connectivity index (χ0v) is 12.8. The lowest BCUT2D eigenvalue weighted by molar-refractivity contribution is 0.210. The van der Waals surface area contributed by atoms with Crippen LogP contribution < -0.4 is 5.32 Å². The van der Waals surface area contributed by atoms with E-state index >= 15 is 0 Å². The van der Waals surface area contributed by atoms with E-state index in [1.165, 1.54) is 12.8 Å². The zero-order chi connectivity index (χ0) is 14.7. The van der Waals surface area contributed by atoms with Gasteiger partial charge < -0.3 is 4.57 Å². The van der Waals surface area contributed by atoms with Gasteiger partial charge in [0.15, 0.2) is 0 Å². The lowest BCUT2D eigenvalue weighted by Crippen LogP contribution is -2.42. The number of hydrogen-bond acceptors (Lipinski definition) is 5. The molecule has 0 amide bonds. The van der Waals surface area contributed by atoms with Crippen LogP contribution in [0.4, 0.5) is 0 Å². The first-order valence-corrected chi connectivity index (χ1v) is 7.96. The average Bonchev–Trinajstić information content (AvgIpc) is 3.17. The summed E-state index contributed by atoms with van der Waals surface area (Å²) in [5, 5.41) is 20.9. The van der Waals surface area contributed by atoms with Crippen LogP contribution in [0.5, 0.6) is 0 Å². The Hall–Kier alpha value is -1.45. The van der Waals surface area contributed by atoms with Crippen LogP contribution >= 0.6 is 0 Å². The average molecular weight is 288 g/mol. The van der Waals surface area contributed by atoms with Crippen molar-refractivity contribution in [1.29, 1.82) is 5.26 Å². The molecule has 1 atom stereocenters. The molecular weight excluding hydrogens is 264 g/mol. The molecule has 1 fully saturated rings. The fraction of sp³-hybridized carbons (Fsp3) is 0.800. The molecule has 0 spiro atoms. The molecule has 1 N–H and O–H groups in total. The van der Waals surface area contributed by atoms with Gasteiger partial charge in [-0.25, -0.2) is 0 Å². The van der Waals surface area contributed by atoms with Crippen LogP contribution in [0, 0.1) is 11.3 Å². The second kappa shape index (κ2) is 6.12. The van der Waals surface area contributed by atoms with Gasteiger partial charge in [0.25, 0.3) is 0 Å². The van der Waals surface area contributed by atoms with Crippen LogP contribution in [0.1, 0.15) is 44.9 Å². The van der Waals surface area contributed by atoms with Crippen molar-refractivity contribution in [2.24, 2.45) is 0 Å². The molecular formula is C15H24N6. The molecule has 3 rings (SSSR count). The molecule has 1 aliphatic carbocycles. The van der Waals surface area contributed by atoms with E-state index in [0.717, 1.165) is 51.3 Å². The third-order valence-electron chi connectivity index (χ3n) is 4.47. The van der Waals surface area contributed by atoms with Gasteiger partial charge in [0, 0.05) is 19.1 Å². The Morgan fingerprint density at radius 2 is 2.29 bits per heavy atom. The molecule has 2 heterocycles. The highest BCUT2D eigenvalue weighted by Crippen LogP contribution is 2.24. The quantitative estimate of drug-likeness (QED) is 0.766. The summed E-state index contributed by atoms with van der Waals surface area (Å²) in [6.45, 7) is 6.07.